The van der Waals surface area contributed by atoms with Crippen LogP contribution in [0.3, 0.4) is 0 Å². The van der Waals surface area contributed by atoms with E-state index in [1.165, 1.54) is 0 Å². The third-order valence-corrected chi connectivity index (χ3v) is 4.53. The van der Waals surface area contributed by atoms with E-state index in [-0.39, 0.29) is 17.5 Å². The van der Waals surface area contributed by atoms with Crippen LogP contribution in [0.15, 0.2) is 64.5 Å². The Kier molecular flexibility index (Phi) is 5.87. The Morgan fingerprint density at radius 2 is 1.81 bits per heavy atom. The maximum absolute atomic E-state index is 12.9. The van der Waals surface area contributed by atoms with Gasteiger partial charge in [-0.1, -0.05) is 42.1 Å². The van der Waals surface area contributed by atoms with Gasteiger partial charge in [-0.3, -0.25) is 19.8 Å². The van der Waals surface area contributed by atoms with E-state index in [0.29, 0.717) is 16.5 Å². The lowest BCUT2D eigenvalue weighted by Gasteiger charge is -2.13. The molecule has 27 heavy (non-hydrogen) atoms. The highest BCUT2D eigenvalue weighted by Crippen LogP contribution is 2.17. The molecule has 1 aromatic heterocycles. The van der Waals surface area contributed by atoms with Crippen molar-refractivity contribution in [2.45, 2.75) is 12.1 Å². The van der Waals surface area contributed by atoms with Crippen molar-refractivity contribution in [3.05, 3.63) is 70.5 Å². The van der Waals surface area contributed by atoms with E-state index in [1.54, 1.807) is 61.5 Å². The van der Waals surface area contributed by atoms with Crippen molar-refractivity contribution in [1.29, 1.82) is 0 Å². The van der Waals surface area contributed by atoms with Crippen LogP contribution in [-0.2, 0) is 9.53 Å². The number of aromatic nitrogens is 2. The summed E-state index contributed by atoms with van der Waals surface area (Å²) in [5.74, 6) is -0.904. The van der Waals surface area contributed by atoms with Crippen LogP contribution in [0.4, 0.5) is 0 Å². The third kappa shape index (κ3) is 4.35. The lowest BCUT2D eigenvalue weighted by Crippen LogP contribution is -2.35. The predicted octanol–water partition coefficient (Wildman–Crippen LogP) is 2.44. The minimum Gasteiger partial charge on any atom is -0.465 e. The molecule has 0 saturated carbocycles. The number of rotatable bonds is 6. The number of nitrogens with one attached hydrogen (secondary N) is 1. The Balaban J connectivity index is 1.98. The van der Waals surface area contributed by atoms with Gasteiger partial charge in [-0.15, -0.1) is 0 Å². The van der Waals surface area contributed by atoms with Gasteiger partial charge in [0.1, 0.15) is 0 Å². The summed E-state index contributed by atoms with van der Waals surface area (Å²) in [4.78, 5) is 41.5. The van der Waals surface area contributed by atoms with Crippen LogP contribution < -0.4 is 11.0 Å². The van der Waals surface area contributed by atoms with Gasteiger partial charge in [-0.2, -0.15) is 4.68 Å². The van der Waals surface area contributed by atoms with E-state index >= 15 is 0 Å². The van der Waals surface area contributed by atoms with Crippen LogP contribution in [0.25, 0.3) is 10.9 Å². The molecular weight excluding hydrogens is 366 g/mol. The van der Waals surface area contributed by atoms with E-state index in [2.05, 4.69) is 10.4 Å². The van der Waals surface area contributed by atoms with Crippen molar-refractivity contribution in [3.63, 3.8) is 0 Å². The molecule has 0 spiro atoms. The largest absolute Gasteiger partial charge is 0.465 e. The van der Waals surface area contributed by atoms with Crippen LogP contribution in [0, 0.1) is 0 Å². The Morgan fingerprint density at radius 1 is 1.11 bits per heavy atom. The van der Waals surface area contributed by atoms with Crippen molar-refractivity contribution in [2.75, 3.05) is 17.8 Å². The first-order valence-electron chi connectivity index (χ1n) is 8.26. The zero-order chi connectivity index (χ0) is 19.2. The summed E-state index contributed by atoms with van der Waals surface area (Å²) < 4.78 is 5.98. The zero-order valence-corrected chi connectivity index (χ0v) is 15.4. The lowest BCUT2D eigenvalue weighted by molar-refractivity contribution is -0.139. The number of fused-ring (bicyclic) bond motifs is 1. The number of carbonyl (C=O) groups excluding carboxylic acids is 2. The minimum atomic E-state index is -0.451. The number of ether oxygens (including phenoxy) is 1. The van der Waals surface area contributed by atoms with Gasteiger partial charge in [0.25, 0.3) is 11.5 Å². The molecular formula is C19H17N3O4S. The fraction of sp³-hybridized carbons (Fsp3) is 0.158. The number of hydrogen-bond donors (Lipinski definition) is 1. The van der Waals surface area contributed by atoms with Crippen LogP contribution in [0.2, 0.25) is 0 Å². The van der Waals surface area contributed by atoms with Crippen LogP contribution in [-0.4, -0.2) is 33.9 Å². The summed E-state index contributed by atoms with van der Waals surface area (Å²) in [5.41, 5.74) is 3.04. The molecule has 2 aromatic carbocycles. The second-order valence-electron chi connectivity index (χ2n) is 5.45. The maximum atomic E-state index is 12.9. The van der Waals surface area contributed by atoms with Crippen molar-refractivity contribution < 1.29 is 14.3 Å². The highest BCUT2D eigenvalue weighted by molar-refractivity contribution is 7.99. The summed E-state index contributed by atoms with van der Waals surface area (Å²) in [5, 5.41) is 0.572. The molecule has 1 amide bonds. The van der Waals surface area contributed by atoms with Crippen LogP contribution in [0.5, 0.6) is 0 Å². The first-order chi connectivity index (χ1) is 13.1. The van der Waals surface area contributed by atoms with E-state index in [1.807, 2.05) is 0 Å². The van der Waals surface area contributed by atoms with Gasteiger partial charge in [-0.25, -0.2) is 4.98 Å². The number of hydrogen-bond acceptors (Lipinski definition) is 6. The first kappa shape index (κ1) is 18.7. The highest BCUT2D eigenvalue weighted by atomic mass is 32.2. The number of para-hydroxylation sites is 1. The van der Waals surface area contributed by atoms with Crippen molar-refractivity contribution >= 4 is 34.5 Å². The molecule has 1 N–H and O–H groups in total. The maximum Gasteiger partial charge on any atom is 0.316 e. The summed E-state index contributed by atoms with van der Waals surface area (Å²) in [6.45, 7) is 1.98. The molecule has 7 nitrogen and oxygen atoms in total. The molecule has 0 fully saturated rings. The van der Waals surface area contributed by atoms with Gasteiger partial charge in [0.05, 0.1) is 23.3 Å². The number of thioether (sulfide) groups is 1. The molecule has 3 rings (SSSR count). The molecule has 0 aliphatic heterocycles. The number of nitrogens with zero attached hydrogens (tertiary/aromatic N) is 2. The molecule has 0 atom stereocenters. The van der Waals surface area contributed by atoms with Crippen molar-refractivity contribution in [2.24, 2.45) is 0 Å². The third-order valence-electron chi connectivity index (χ3n) is 3.62. The van der Waals surface area contributed by atoms with Crippen molar-refractivity contribution in [1.82, 2.24) is 9.66 Å². The number of esters is 1. The Labute approximate surface area is 159 Å². The standard InChI is InChI=1S/C19H17N3O4S/c1-2-26-16(23)12-27-19-20-15-11-7-6-10-14(15)18(25)22(19)21-17(24)13-8-4-3-5-9-13/h3-11H,2,12H2,1H3,(H,21,24). The van der Waals surface area contributed by atoms with E-state index < -0.39 is 17.4 Å². The van der Waals surface area contributed by atoms with Crippen molar-refractivity contribution in [3.8, 4) is 0 Å². The Hall–Kier alpha value is -3.13. The summed E-state index contributed by atoms with van der Waals surface area (Å²) in [7, 11) is 0. The molecule has 138 valence electrons. The molecule has 0 aliphatic carbocycles. The van der Waals surface area contributed by atoms with Crippen LogP contribution in [0.1, 0.15) is 17.3 Å². The second-order valence-corrected chi connectivity index (χ2v) is 6.40. The quantitative estimate of drug-likeness (QED) is 0.399. The molecule has 0 radical (unpaired) electrons. The van der Waals surface area contributed by atoms with Gasteiger partial charge >= 0.3 is 5.97 Å². The molecule has 0 aliphatic rings. The summed E-state index contributed by atoms with van der Waals surface area (Å²) in [6, 6.07) is 15.4. The predicted molar refractivity (Wildman–Crippen MR) is 103 cm³/mol. The van der Waals surface area contributed by atoms with Gasteiger partial charge < -0.3 is 4.74 Å². The van der Waals surface area contributed by atoms with Gasteiger partial charge in [-0.05, 0) is 31.2 Å². The Morgan fingerprint density at radius 3 is 2.56 bits per heavy atom. The number of benzene rings is 2. The van der Waals surface area contributed by atoms with E-state index in [4.69, 9.17) is 4.74 Å². The monoisotopic (exact) mass is 383 g/mol. The van der Waals surface area contributed by atoms with E-state index in [0.717, 1.165) is 16.4 Å². The zero-order valence-electron chi connectivity index (χ0n) is 14.5. The molecule has 0 saturated heterocycles. The highest BCUT2D eigenvalue weighted by Gasteiger charge is 2.16. The molecule has 1 heterocycles. The normalized spacial score (nSPS) is 10.6. The Bertz CT molecular complexity index is 1030. The average molecular weight is 383 g/mol. The van der Waals surface area contributed by atoms with Crippen LogP contribution >= 0.6 is 11.8 Å². The van der Waals surface area contributed by atoms with E-state index in [9.17, 15) is 14.4 Å². The summed E-state index contributed by atoms with van der Waals surface area (Å²) >= 11 is 1.02. The minimum absolute atomic E-state index is 0.0279. The summed E-state index contributed by atoms with van der Waals surface area (Å²) in [6.07, 6.45) is 0. The number of amides is 1. The first-order valence-corrected chi connectivity index (χ1v) is 9.25. The average Bonchev–Trinajstić information content (AvgIpc) is 2.69. The van der Waals surface area contributed by atoms with Gasteiger partial charge in [0.2, 0.25) is 0 Å². The SMILES string of the molecule is CCOC(=O)CSc1nc2ccccc2c(=O)n1NC(=O)c1ccccc1. The molecule has 8 heteroatoms. The van der Waals surface area contributed by atoms with Gasteiger partial charge in [0.15, 0.2) is 5.16 Å². The number of carbonyl (C=O) groups is 2. The second kappa shape index (κ2) is 8.50. The smallest absolute Gasteiger partial charge is 0.316 e. The van der Waals surface area contributed by atoms with Gasteiger partial charge in [0, 0.05) is 5.56 Å². The fourth-order valence-corrected chi connectivity index (χ4v) is 3.14. The topological polar surface area (TPSA) is 90.3 Å². The fourth-order valence-electron chi connectivity index (χ4n) is 2.39. The molecule has 3 aromatic rings. The molecule has 0 bridgehead atoms. The molecule has 0 unspecified atom stereocenters. The lowest BCUT2D eigenvalue weighted by atomic mass is 10.2.